The molecule has 9 nitrogen and oxygen atoms in total. The number of aryl methyl sites for hydroxylation is 1. The predicted octanol–water partition coefficient (Wildman–Crippen LogP) is 0.445. The maximum Gasteiger partial charge on any atom is 0.348 e. The van der Waals surface area contributed by atoms with Gasteiger partial charge >= 0.3 is 11.9 Å². The number of hydrogen-bond acceptors (Lipinski definition) is 6. The fraction of sp³-hybridized carbons (Fsp3) is 0.444. The van der Waals surface area contributed by atoms with E-state index in [-0.39, 0.29) is 19.1 Å². The number of ether oxygens (including phenoxy) is 2. The maximum absolute atomic E-state index is 12.8. The molecular weight excluding hydrogens is 356 g/mol. The van der Waals surface area contributed by atoms with Gasteiger partial charge in [-0.15, -0.1) is 0 Å². The van der Waals surface area contributed by atoms with E-state index >= 15 is 0 Å². The van der Waals surface area contributed by atoms with Gasteiger partial charge in [-0.25, -0.2) is 4.79 Å². The van der Waals surface area contributed by atoms with Crippen molar-refractivity contribution in [2.24, 2.45) is 0 Å². The van der Waals surface area contributed by atoms with E-state index in [1.807, 2.05) is 0 Å². The Labute approximate surface area is 156 Å². The number of rotatable bonds is 5. The molecule has 0 bridgehead atoms. The lowest BCUT2D eigenvalue weighted by atomic mass is 10.0. The maximum atomic E-state index is 12.8. The van der Waals surface area contributed by atoms with Crippen LogP contribution >= 0.6 is 0 Å². The molecular formula is C18H22N2O7. The normalized spacial score (nSPS) is 18.0. The Morgan fingerprint density at radius 1 is 1.33 bits per heavy atom. The summed E-state index contributed by atoms with van der Waals surface area (Å²) >= 11 is 0. The van der Waals surface area contributed by atoms with Gasteiger partial charge in [0.15, 0.2) is 6.10 Å². The number of carbonyl (C=O) groups is 4. The first-order valence-electron chi connectivity index (χ1n) is 8.28. The molecule has 1 fully saturated rings. The van der Waals surface area contributed by atoms with Gasteiger partial charge in [-0.3, -0.25) is 14.4 Å². The number of hydrogen-bond donors (Lipinski definition) is 1. The zero-order chi connectivity index (χ0) is 20.3. The van der Waals surface area contributed by atoms with Gasteiger partial charge in [0.2, 0.25) is 6.10 Å². The molecule has 27 heavy (non-hydrogen) atoms. The van der Waals surface area contributed by atoms with Crippen LogP contribution in [0.25, 0.3) is 0 Å². The smallest absolute Gasteiger partial charge is 0.348 e. The van der Waals surface area contributed by atoms with Crippen LogP contribution in [0.2, 0.25) is 0 Å². The third-order valence-electron chi connectivity index (χ3n) is 4.10. The number of esters is 1. The Balaban J connectivity index is 2.35. The molecule has 2 amide bonds. The first-order chi connectivity index (χ1) is 12.6. The van der Waals surface area contributed by atoms with E-state index in [2.05, 4.69) is 0 Å². The third kappa shape index (κ3) is 4.43. The fourth-order valence-corrected chi connectivity index (χ4v) is 2.75. The van der Waals surface area contributed by atoms with Crippen LogP contribution in [0.5, 0.6) is 0 Å². The zero-order valence-corrected chi connectivity index (χ0v) is 15.6. The molecule has 0 radical (unpaired) electrons. The Morgan fingerprint density at radius 2 is 2.00 bits per heavy atom. The van der Waals surface area contributed by atoms with Crippen molar-refractivity contribution in [1.29, 1.82) is 0 Å². The van der Waals surface area contributed by atoms with Crippen molar-refractivity contribution in [3.8, 4) is 0 Å². The molecule has 0 aliphatic carbocycles. The Bertz CT molecular complexity index is 775. The summed E-state index contributed by atoms with van der Waals surface area (Å²) in [7, 11) is 3.25. The fourth-order valence-electron chi connectivity index (χ4n) is 2.75. The number of carboxylic acids is 1. The van der Waals surface area contributed by atoms with E-state index in [1.54, 1.807) is 39.2 Å². The molecule has 146 valence electrons. The van der Waals surface area contributed by atoms with Gasteiger partial charge in [-0.1, -0.05) is 6.07 Å². The van der Waals surface area contributed by atoms with Crippen molar-refractivity contribution in [1.82, 2.24) is 4.90 Å². The van der Waals surface area contributed by atoms with Crippen LogP contribution < -0.4 is 4.90 Å². The topological polar surface area (TPSA) is 113 Å². The molecule has 0 unspecified atom stereocenters. The van der Waals surface area contributed by atoms with Gasteiger partial charge in [0, 0.05) is 38.8 Å². The highest BCUT2D eigenvalue weighted by Crippen LogP contribution is 2.24. The number of amides is 2. The lowest BCUT2D eigenvalue weighted by Crippen LogP contribution is -2.55. The van der Waals surface area contributed by atoms with Crippen molar-refractivity contribution in [3.63, 3.8) is 0 Å². The molecule has 1 aliphatic rings. The molecule has 0 spiro atoms. The van der Waals surface area contributed by atoms with E-state index in [9.17, 15) is 24.3 Å². The highest BCUT2D eigenvalue weighted by molar-refractivity contribution is 6.02. The summed E-state index contributed by atoms with van der Waals surface area (Å²) in [6.07, 6.45) is -3.21. The molecule has 9 heteroatoms. The van der Waals surface area contributed by atoms with Crippen LogP contribution in [0.3, 0.4) is 0 Å². The van der Waals surface area contributed by atoms with Gasteiger partial charge in [0.25, 0.3) is 11.8 Å². The summed E-state index contributed by atoms with van der Waals surface area (Å²) in [5.41, 5.74) is 1.62. The van der Waals surface area contributed by atoms with Gasteiger partial charge in [0.05, 0.1) is 6.61 Å². The van der Waals surface area contributed by atoms with Gasteiger partial charge in [-0.2, -0.15) is 0 Å². The summed E-state index contributed by atoms with van der Waals surface area (Å²) in [6.45, 7) is 3.08. The average molecular weight is 378 g/mol. The van der Waals surface area contributed by atoms with Crippen LogP contribution in [-0.2, 0) is 23.9 Å². The first-order valence-corrected chi connectivity index (χ1v) is 8.28. The molecule has 1 aromatic carbocycles. The first kappa shape index (κ1) is 20.4. The minimum Gasteiger partial charge on any atom is -0.478 e. The van der Waals surface area contributed by atoms with Crippen LogP contribution in [0.1, 0.15) is 22.8 Å². The summed E-state index contributed by atoms with van der Waals surface area (Å²) in [5.74, 6) is -3.17. The quantitative estimate of drug-likeness (QED) is 0.740. The second kappa shape index (κ2) is 8.17. The highest BCUT2D eigenvalue weighted by atomic mass is 16.6. The van der Waals surface area contributed by atoms with Crippen LogP contribution in [0.4, 0.5) is 5.69 Å². The standard InChI is InChI=1S/C18H22N2O7/c1-10-5-6-12(9-13(10)16(22)19(3)4)20-7-8-26-14(17(20)23)15(18(24)25)27-11(2)21/h5-6,9,14-15H,7-8H2,1-4H3,(H,24,25)/t14-,15-/m1/s1. The molecule has 0 saturated carbocycles. The molecule has 1 aliphatic heterocycles. The lowest BCUT2D eigenvalue weighted by Gasteiger charge is -2.34. The average Bonchev–Trinajstić information content (AvgIpc) is 2.60. The number of nitrogens with zero attached hydrogens (tertiary/aromatic N) is 2. The monoisotopic (exact) mass is 378 g/mol. The Kier molecular flexibility index (Phi) is 6.17. The van der Waals surface area contributed by atoms with Crippen molar-refractivity contribution in [2.75, 3.05) is 32.1 Å². The largest absolute Gasteiger partial charge is 0.478 e. The highest BCUT2D eigenvalue weighted by Gasteiger charge is 2.42. The number of benzene rings is 1. The number of carbonyl (C=O) groups excluding carboxylic acids is 3. The molecule has 2 rings (SSSR count). The minimum absolute atomic E-state index is 0.0618. The summed E-state index contributed by atoms with van der Waals surface area (Å²) in [5, 5.41) is 9.29. The van der Waals surface area contributed by atoms with Gasteiger partial charge in [0.1, 0.15) is 0 Å². The molecule has 2 atom stereocenters. The van der Waals surface area contributed by atoms with E-state index in [4.69, 9.17) is 9.47 Å². The number of morpholine rings is 1. The summed E-state index contributed by atoms with van der Waals surface area (Å²) in [4.78, 5) is 50.5. The SMILES string of the molecule is CC(=O)O[C@@H](C(=O)O)[C@H]1OCCN(c2ccc(C)c(C(=O)N(C)C)c2)C1=O. The van der Waals surface area contributed by atoms with E-state index in [0.29, 0.717) is 11.3 Å². The van der Waals surface area contributed by atoms with Crippen LogP contribution in [0, 0.1) is 6.92 Å². The number of carboxylic acid groups (broad SMARTS) is 1. The van der Waals surface area contributed by atoms with Crippen molar-refractivity contribution >= 4 is 29.4 Å². The molecule has 1 aromatic rings. The van der Waals surface area contributed by atoms with Crippen molar-refractivity contribution in [3.05, 3.63) is 29.3 Å². The van der Waals surface area contributed by atoms with Gasteiger partial charge < -0.3 is 24.4 Å². The van der Waals surface area contributed by atoms with Gasteiger partial charge in [-0.05, 0) is 24.6 Å². The van der Waals surface area contributed by atoms with Crippen molar-refractivity contribution in [2.45, 2.75) is 26.1 Å². The summed E-state index contributed by atoms with van der Waals surface area (Å²) in [6, 6.07) is 4.97. The summed E-state index contributed by atoms with van der Waals surface area (Å²) < 4.78 is 10.0. The number of aliphatic carboxylic acids is 1. The lowest BCUT2D eigenvalue weighted by molar-refractivity contribution is -0.177. The zero-order valence-electron chi connectivity index (χ0n) is 15.6. The van der Waals surface area contributed by atoms with E-state index < -0.39 is 30.1 Å². The predicted molar refractivity (Wildman–Crippen MR) is 94.5 cm³/mol. The third-order valence-corrected chi connectivity index (χ3v) is 4.10. The van der Waals surface area contributed by atoms with Crippen LogP contribution in [-0.4, -0.2) is 73.2 Å². The second-order valence-electron chi connectivity index (χ2n) is 6.35. The van der Waals surface area contributed by atoms with E-state index in [0.717, 1.165) is 12.5 Å². The molecule has 0 aromatic heterocycles. The molecule has 1 saturated heterocycles. The molecule has 1 heterocycles. The van der Waals surface area contributed by atoms with Crippen LogP contribution in [0.15, 0.2) is 18.2 Å². The van der Waals surface area contributed by atoms with E-state index in [1.165, 1.54) is 9.80 Å². The Morgan fingerprint density at radius 3 is 2.56 bits per heavy atom. The second-order valence-corrected chi connectivity index (χ2v) is 6.35. The van der Waals surface area contributed by atoms with Crippen molar-refractivity contribution < 1.29 is 33.8 Å². The number of anilines is 1. The molecule has 1 N–H and O–H groups in total. The minimum atomic E-state index is -1.74. The Hall–Kier alpha value is -2.94.